The minimum atomic E-state index is -0.675. The van der Waals surface area contributed by atoms with E-state index in [9.17, 15) is 19.8 Å². The van der Waals surface area contributed by atoms with Crippen molar-refractivity contribution >= 4 is 17.3 Å². The van der Waals surface area contributed by atoms with E-state index in [1.54, 1.807) is 0 Å². The molecule has 1 aromatic rings. The summed E-state index contributed by atoms with van der Waals surface area (Å²) in [6.07, 6.45) is 0. The summed E-state index contributed by atoms with van der Waals surface area (Å²) < 4.78 is 4.78. The molecule has 0 N–H and O–H groups in total. The Labute approximate surface area is 95.9 Å². The third kappa shape index (κ3) is 2.54. The summed E-state index contributed by atoms with van der Waals surface area (Å²) in [4.78, 5) is 31.5. The number of nitro benzene ring substituents is 1. The zero-order chi connectivity index (χ0) is 13.0. The average Bonchev–Trinajstić information content (AvgIpc) is 2.29. The second-order valence-electron chi connectivity index (χ2n) is 3.03. The molecule has 0 heterocycles. The molecule has 8 nitrogen and oxygen atoms in total. The van der Waals surface area contributed by atoms with Gasteiger partial charge in [0.1, 0.15) is 0 Å². The van der Waals surface area contributed by atoms with Crippen molar-refractivity contribution in [2.24, 2.45) is 5.29 Å². The van der Waals surface area contributed by atoms with E-state index in [1.165, 1.54) is 19.2 Å². The molecule has 0 aliphatic heterocycles. The SMILES string of the molecule is COc1ccc(N(N=O)C(C)=O)cc1[N+](=O)[O-]. The van der Waals surface area contributed by atoms with Crippen molar-refractivity contribution in [1.29, 1.82) is 0 Å². The molecule has 8 heteroatoms. The van der Waals surface area contributed by atoms with Gasteiger partial charge in [-0.15, -0.1) is 4.91 Å². The Bertz CT molecular complexity index is 474. The summed E-state index contributed by atoms with van der Waals surface area (Å²) in [6.45, 7) is 1.12. The number of hydrogen-bond donors (Lipinski definition) is 0. The van der Waals surface area contributed by atoms with Crippen molar-refractivity contribution in [1.82, 2.24) is 0 Å². The molecule has 0 aromatic heterocycles. The number of methoxy groups -OCH3 is 1. The first-order valence-electron chi connectivity index (χ1n) is 4.47. The Kier molecular flexibility index (Phi) is 3.70. The number of nitrogens with zero attached hydrogens (tertiary/aromatic N) is 3. The second-order valence-corrected chi connectivity index (χ2v) is 3.03. The van der Waals surface area contributed by atoms with E-state index in [0.29, 0.717) is 5.01 Å². The van der Waals surface area contributed by atoms with Gasteiger partial charge in [0.2, 0.25) is 5.91 Å². The Morgan fingerprint density at radius 1 is 1.53 bits per heavy atom. The van der Waals surface area contributed by atoms with E-state index in [4.69, 9.17) is 4.74 Å². The van der Waals surface area contributed by atoms with Gasteiger partial charge < -0.3 is 4.74 Å². The molecule has 0 fully saturated rings. The Hall–Kier alpha value is -2.51. The molecule has 0 radical (unpaired) electrons. The van der Waals surface area contributed by atoms with Gasteiger partial charge in [-0.05, 0) is 12.1 Å². The van der Waals surface area contributed by atoms with Crippen molar-refractivity contribution in [3.63, 3.8) is 0 Å². The monoisotopic (exact) mass is 239 g/mol. The van der Waals surface area contributed by atoms with Gasteiger partial charge >= 0.3 is 5.69 Å². The molecule has 17 heavy (non-hydrogen) atoms. The van der Waals surface area contributed by atoms with Gasteiger partial charge in [-0.2, -0.15) is 5.01 Å². The number of nitro groups is 1. The first-order chi connectivity index (χ1) is 8.01. The fourth-order valence-electron chi connectivity index (χ4n) is 1.24. The second kappa shape index (κ2) is 5.01. The van der Waals surface area contributed by atoms with Gasteiger partial charge in [-0.3, -0.25) is 14.9 Å². The molecule has 0 spiro atoms. The quantitative estimate of drug-likeness (QED) is 0.451. The third-order valence-corrected chi connectivity index (χ3v) is 1.98. The molecule has 1 aromatic carbocycles. The largest absolute Gasteiger partial charge is 0.490 e. The third-order valence-electron chi connectivity index (χ3n) is 1.98. The summed E-state index contributed by atoms with van der Waals surface area (Å²) >= 11 is 0. The maximum absolute atomic E-state index is 11.0. The molecular formula is C9H9N3O5. The molecule has 0 atom stereocenters. The molecule has 1 amide bonds. The highest BCUT2D eigenvalue weighted by Crippen LogP contribution is 2.31. The van der Waals surface area contributed by atoms with Crippen LogP contribution in [0.5, 0.6) is 5.75 Å². The number of amides is 1. The van der Waals surface area contributed by atoms with Crippen LogP contribution in [0.3, 0.4) is 0 Å². The molecule has 90 valence electrons. The number of rotatable bonds is 4. The minimum absolute atomic E-state index is 0.0139. The number of carbonyl (C=O) groups is 1. The van der Waals surface area contributed by atoms with Crippen LogP contribution in [-0.2, 0) is 4.79 Å². The topological polar surface area (TPSA) is 102 Å². The van der Waals surface area contributed by atoms with Crippen LogP contribution in [0.4, 0.5) is 11.4 Å². The number of hydrogen-bond acceptors (Lipinski definition) is 6. The minimum Gasteiger partial charge on any atom is -0.490 e. The molecule has 0 aliphatic rings. The van der Waals surface area contributed by atoms with Crippen LogP contribution in [0.2, 0.25) is 0 Å². The number of benzene rings is 1. The molecular weight excluding hydrogens is 230 g/mol. The lowest BCUT2D eigenvalue weighted by atomic mass is 10.2. The molecule has 0 bridgehead atoms. The zero-order valence-corrected chi connectivity index (χ0v) is 9.11. The van der Waals surface area contributed by atoms with Crippen LogP contribution in [-0.4, -0.2) is 17.9 Å². The fraction of sp³-hybridized carbons (Fsp3) is 0.222. The van der Waals surface area contributed by atoms with E-state index in [1.807, 2.05) is 0 Å². The first-order valence-corrected chi connectivity index (χ1v) is 4.47. The first kappa shape index (κ1) is 12.6. The van der Waals surface area contributed by atoms with Crippen molar-refractivity contribution in [2.75, 3.05) is 12.1 Å². The van der Waals surface area contributed by atoms with Crippen molar-refractivity contribution in [2.45, 2.75) is 6.92 Å². The average molecular weight is 239 g/mol. The number of carbonyl (C=O) groups excluding carboxylic acids is 1. The van der Waals surface area contributed by atoms with Crippen molar-refractivity contribution in [3.8, 4) is 5.75 Å². The summed E-state index contributed by atoms with van der Waals surface area (Å²) in [5.41, 5.74) is -0.333. The Balaban J connectivity index is 3.29. The van der Waals surface area contributed by atoms with Crippen LogP contribution in [0.1, 0.15) is 6.92 Å². The molecule has 0 saturated heterocycles. The van der Waals surface area contributed by atoms with E-state index in [0.717, 1.165) is 13.0 Å². The maximum atomic E-state index is 11.0. The van der Waals surface area contributed by atoms with Gasteiger partial charge in [-0.25, -0.2) is 0 Å². The van der Waals surface area contributed by atoms with Gasteiger partial charge in [0.25, 0.3) is 0 Å². The smallest absolute Gasteiger partial charge is 0.313 e. The highest BCUT2D eigenvalue weighted by Gasteiger charge is 2.20. The molecule has 0 unspecified atom stereocenters. The Morgan fingerprint density at radius 3 is 2.59 bits per heavy atom. The lowest BCUT2D eigenvalue weighted by Crippen LogP contribution is -2.21. The predicted molar refractivity (Wildman–Crippen MR) is 58.6 cm³/mol. The van der Waals surface area contributed by atoms with Crippen molar-refractivity contribution in [3.05, 3.63) is 33.2 Å². The van der Waals surface area contributed by atoms with Gasteiger partial charge in [0.15, 0.2) is 5.75 Å². The molecule has 0 aliphatic carbocycles. The molecule has 1 rings (SSSR count). The number of nitroso groups, excluding NO2 is 1. The van der Waals surface area contributed by atoms with E-state index >= 15 is 0 Å². The highest BCUT2D eigenvalue weighted by atomic mass is 16.6. The van der Waals surface area contributed by atoms with E-state index in [2.05, 4.69) is 5.29 Å². The summed E-state index contributed by atoms with van der Waals surface area (Å²) in [6, 6.07) is 3.66. The number of ether oxygens (including phenoxy) is 1. The fourth-order valence-corrected chi connectivity index (χ4v) is 1.24. The van der Waals surface area contributed by atoms with E-state index < -0.39 is 10.8 Å². The van der Waals surface area contributed by atoms with Gasteiger partial charge in [0.05, 0.1) is 23.0 Å². The Morgan fingerprint density at radius 2 is 2.18 bits per heavy atom. The summed E-state index contributed by atoms with van der Waals surface area (Å²) in [5.74, 6) is -0.604. The lowest BCUT2D eigenvalue weighted by Gasteiger charge is -2.11. The van der Waals surface area contributed by atoms with Crippen LogP contribution >= 0.6 is 0 Å². The van der Waals surface area contributed by atoms with E-state index in [-0.39, 0.29) is 17.1 Å². The van der Waals surface area contributed by atoms with Gasteiger partial charge in [-0.1, -0.05) is 0 Å². The molecule has 0 saturated carbocycles. The maximum Gasteiger partial charge on any atom is 0.313 e. The normalized spacial score (nSPS) is 9.53. The van der Waals surface area contributed by atoms with Crippen LogP contribution in [0.15, 0.2) is 23.5 Å². The van der Waals surface area contributed by atoms with Crippen LogP contribution in [0.25, 0.3) is 0 Å². The van der Waals surface area contributed by atoms with Crippen molar-refractivity contribution < 1.29 is 14.5 Å². The highest BCUT2D eigenvalue weighted by molar-refractivity contribution is 5.91. The van der Waals surface area contributed by atoms with Crippen LogP contribution < -0.4 is 9.75 Å². The van der Waals surface area contributed by atoms with Crippen LogP contribution in [0, 0.1) is 15.0 Å². The summed E-state index contributed by atoms with van der Waals surface area (Å²) in [7, 11) is 1.28. The van der Waals surface area contributed by atoms with Gasteiger partial charge in [0, 0.05) is 13.0 Å². The lowest BCUT2D eigenvalue weighted by molar-refractivity contribution is -0.385. The predicted octanol–water partition coefficient (Wildman–Crippen LogP) is 1.64. The summed E-state index contributed by atoms with van der Waals surface area (Å²) in [5, 5.41) is 13.7. The standard InChI is InChI=1S/C9H9N3O5/c1-6(13)11(10-14)7-3-4-9(17-2)8(5-7)12(15)16/h3-5H,1-2H3. The zero-order valence-electron chi connectivity index (χ0n) is 9.11. The number of anilines is 1.